The molecule has 1 amide bonds. The number of carbonyl (C=O) groups is 1. The fourth-order valence-corrected chi connectivity index (χ4v) is 5.43. The Morgan fingerprint density at radius 2 is 1.89 bits per heavy atom. The molecule has 2 heterocycles. The number of ether oxygens (including phenoxy) is 1. The van der Waals surface area contributed by atoms with Crippen LogP contribution in [-0.4, -0.2) is 28.4 Å². The van der Waals surface area contributed by atoms with Crippen LogP contribution in [0, 0.1) is 19.8 Å². The van der Waals surface area contributed by atoms with Crippen LogP contribution < -0.4 is 4.74 Å². The zero-order valence-corrected chi connectivity index (χ0v) is 17.1. The molecule has 0 N–H and O–H groups in total. The highest BCUT2D eigenvalue weighted by atomic mass is 32.1. The van der Waals surface area contributed by atoms with Crippen molar-refractivity contribution in [1.29, 1.82) is 0 Å². The third-order valence-corrected chi connectivity index (χ3v) is 7.04. The summed E-state index contributed by atoms with van der Waals surface area (Å²) in [6.07, 6.45) is 7.44. The van der Waals surface area contributed by atoms with E-state index in [0.717, 1.165) is 40.7 Å². The van der Waals surface area contributed by atoms with Gasteiger partial charge in [0.15, 0.2) is 0 Å². The summed E-state index contributed by atoms with van der Waals surface area (Å²) in [5, 5.41) is 0.869. The molecule has 144 valence electrons. The van der Waals surface area contributed by atoms with E-state index in [-0.39, 0.29) is 5.91 Å². The number of thiazole rings is 1. The lowest BCUT2D eigenvalue weighted by Gasteiger charge is -2.44. The van der Waals surface area contributed by atoms with Gasteiger partial charge < -0.3 is 9.64 Å². The molecule has 27 heavy (non-hydrogen) atoms. The van der Waals surface area contributed by atoms with Crippen molar-refractivity contribution in [3.05, 3.63) is 45.4 Å². The van der Waals surface area contributed by atoms with Gasteiger partial charge in [0.25, 0.3) is 5.91 Å². The molecule has 4 nitrogen and oxygen atoms in total. The predicted molar refractivity (Wildman–Crippen MR) is 108 cm³/mol. The number of nitrogens with zero attached hydrogens (tertiary/aromatic N) is 2. The first-order chi connectivity index (χ1) is 13.1. The number of fused-ring (bicyclic) bond motifs is 1. The number of piperidine rings is 1. The van der Waals surface area contributed by atoms with Crippen LogP contribution in [0.3, 0.4) is 0 Å². The molecular formula is C22H28N2O2S. The lowest BCUT2D eigenvalue weighted by molar-refractivity contribution is 0.0394. The second kappa shape index (κ2) is 8.01. The first kappa shape index (κ1) is 18.5. The molecule has 2 fully saturated rings. The zero-order valence-electron chi connectivity index (χ0n) is 16.2. The molecule has 0 bridgehead atoms. The molecule has 1 aromatic carbocycles. The van der Waals surface area contributed by atoms with E-state index in [1.54, 1.807) is 0 Å². The minimum Gasteiger partial charge on any atom is -0.486 e. The first-order valence-electron chi connectivity index (χ1n) is 10.1. The van der Waals surface area contributed by atoms with Crippen molar-refractivity contribution in [3.8, 4) is 5.75 Å². The van der Waals surface area contributed by atoms with Gasteiger partial charge >= 0.3 is 0 Å². The van der Waals surface area contributed by atoms with Gasteiger partial charge in [-0.1, -0.05) is 30.5 Å². The van der Waals surface area contributed by atoms with Crippen LogP contribution in [0.25, 0.3) is 0 Å². The molecule has 5 heteroatoms. The fourth-order valence-electron chi connectivity index (χ4n) is 4.50. The summed E-state index contributed by atoms with van der Waals surface area (Å²) in [7, 11) is 0. The second-order valence-electron chi connectivity index (χ2n) is 7.88. The third-order valence-electron chi connectivity index (χ3n) is 5.92. The summed E-state index contributed by atoms with van der Waals surface area (Å²) in [6, 6.07) is 8.45. The van der Waals surface area contributed by atoms with E-state index in [1.165, 1.54) is 42.6 Å². The highest BCUT2D eigenvalue weighted by Crippen LogP contribution is 2.36. The van der Waals surface area contributed by atoms with Gasteiger partial charge in [0.2, 0.25) is 0 Å². The number of likely N-dealkylation sites (tertiary alicyclic amines) is 1. The fraction of sp³-hybridized carbons (Fsp3) is 0.545. The van der Waals surface area contributed by atoms with Crippen molar-refractivity contribution in [3.63, 3.8) is 0 Å². The molecule has 4 rings (SSSR count). The number of hydrogen-bond acceptors (Lipinski definition) is 4. The van der Waals surface area contributed by atoms with Crippen molar-refractivity contribution in [1.82, 2.24) is 9.88 Å². The third kappa shape index (κ3) is 4.03. The number of amides is 1. The van der Waals surface area contributed by atoms with E-state index in [1.807, 2.05) is 31.2 Å². The number of benzene rings is 1. The van der Waals surface area contributed by atoms with Crippen molar-refractivity contribution in [2.24, 2.45) is 5.92 Å². The second-order valence-corrected chi connectivity index (χ2v) is 8.96. The Bertz CT molecular complexity index is 797. The molecule has 0 radical (unpaired) electrons. The molecule has 2 aliphatic rings. The maximum absolute atomic E-state index is 13.3. The molecule has 0 spiro atoms. The maximum Gasteiger partial charge on any atom is 0.266 e. The number of rotatable bonds is 4. The lowest BCUT2D eigenvalue weighted by Crippen LogP contribution is -2.49. The van der Waals surface area contributed by atoms with E-state index in [4.69, 9.17) is 4.74 Å². The molecule has 1 aliphatic carbocycles. The van der Waals surface area contributed by atoms with Crippen molar-refractivity contribution >= 4 is 17.2 Å². The Balaban J connectivity index is 1.45. The summed E-state index contributed by atoms with van der Waals surface area (Å²) in [5.41, 5.74) is 2.05. The Morgan fingerprint density at radius 1 is 1.15 bits per heavy atom. The van der Waals surface area contributed by atoms with E-state index in [0.29, 0.717) is 18.6 Å². The van der Waals surface area contributed by atoms with E-state index in [9.17, 15) is 4.79 Å². The average Bonchev–Trinajstić information content (AvgIpc) is 3.07. The van der Waals surface area contributed by atoms with Crippen LogP contribution >= 0.6 is 11.3 Å². The topological polar surface area (TPSA) is 42.4 Å². The molecule has 2 aromatic rings. The Kier molecular flexibility index (Phi) is 5.48. The summed E-state index contributed by atoms with van der Waals surface area (Å²) < 4.78 is 5.85. The minimum absolute atomic E-state index is 0.184. The summed E-state index contributed by atoms with van der Waals surface area (Å²) in [4.78, 5) is 20.8. The van der Waals surface area contributed by atoms with E-state index in [2.05, 4.69) is 16.8 Å². The Morgan fingerprint density at radius 3 is 2.70 bits per heavy atom. The number of carbonyl (C=O) groups excluding carboxylic acids is 1. The van der Waals surface area contributed by atoms with E-state index < -0.39 is 0 Å². The lowest BCUT2D eigenvalue weighted by atomic mass is 9.78. The number of hydrogen-bond donors (Lipinski definition) is 0. The minimum atomic E-state index is 0.184. The van der Waals surface area contributed by atoms with Crippen molar-refractivity contribution in [2.75, 3.05) is 6.54 Å². The quantitative estimate of drug-likeness (QED) is 0.733. The van der Waals surface area contributed by atoms with Crippen LogP contribution in [0.4, 0.5) is 0 Å². The monoisotopic (exact) mass is 384 g/mol. The van der Waals surface area contributed by atoms with Crippen molar-refractivity contribution < 1.29 is 9.53 Å². The van der Waals surface area contributed by atoms with Crippen LogP contribution in [0.5, 0.6) is 5.75 Å². The largest absolute Gasteiger partial charge is 0.486 e. The molecule has 2 atom stereocenters. The maximum atomic E-state index is 13.3. The number of aromatic nitrogens is 1. The zero-order chi connectivity index (χ0) is 18.8. The first-order valence-corrected chi connectivity index (χ1v) is 10.9. The van der Waals surface area contributed by atoms with Gasteiger partial charge in [0.05, 0.1) is 5.69 Å². The molecule has 1 aliphatic heterocycles. The van der Waals surface area contributed by atoms with Crippen LogP contribution in [0.15, 0.2) is 24.3 Å². The normalized spacial score (nSPS) is 22.4. The Hall–Kier alpha value is -1.88. The summed E-state index contributed by atoms with van der Waals surface area (Å²) in [5.74, 6) is 1.72. The smallest absolute Gasteiger partial charge is 0.266 e. The van der Waals surface area contributed by atoms with Gasteiger partial charge in [0, 0.05) is 12.6 Å². The molecular weight excluding hydrogens is 356 g/mol. The van der Waals surface area contributed by atoms with Crippen LogP contribution in [0.1, 0.15) is 64.5 Å². The standard InChI is InChI=1S/C22H28N2O2S/c1-15-9-11-18(12-10-15)26-14-20-23-16(2)21(27-20)22(25)24-13-5-7-17-6-3-4-8-19(17)24/h9-12,17,19H,3-8,13-14H2,1-2H3. The molecule has 1 saturated carbocycles. The summed E-state index contributed by atoms with van der Waals surface area (Å²) in [6.45, 7) is 5.31. The SMILES string of the molecule is Cc1ccc(OCc2nc(C)c(C(=O)N3CCCC4CCCCC43)s2)cc1. The molecule has 2 unspecified atom stereocenters. The molecule has 1 aromatic heterocycles. The van der Waals surface area contributed by atoms with Gasteiger partial charge in [0.1, 0.15) is 22.2 Å². The van der Waals surface area contributed by atoms with Gasteiger partial charge in [-0.3, -0.25) is 4.79 Å². The van der Waals surface area contributed by atoms with Gasteiger partial charge in [-0.15, -0.1) is 11.3 Å². The van der Waals surface area contributed by atoms with E-state index >= 15 is 0 Å². The van der Waals surface area contributed by atoms with Gasteiger partial charge in [-0.2, -0.15) is 0 Å². The van der Waals surface area contributed by atoms with Crippen LogP contribution in [0.2, 0.25) is 0 Å². The predicted octanol–water partition coefficient (Wildman–Crippen LogP) is 5.13. The highest BCUT2D eigenvalue weighted by Gasteiger charge is 2.37. The Labute approximate surface area is 165 Å². The van der Waals surface area contributed by atoms with Gasteiger partial charge in [-0.05, 0) is 57.6 Å². The van der Waals surface area contributed by atoms with Gasteiger partial charge in [-0.25, -0.2) is 4.98 Å². The number of aryl methyl sites for hydroxylation is 2. The summed E-state index contributed by atoms with van der Waals surface area (Å²) >= 11 is 1.50. The van der Waals surface area contributed by atoms with Crippen molar-refractivity contribution in [2.45, 2.75) is 65.0 Å². The molecule has 1 saturated heterocycles. The average molecular weight is 385 g/mol. The van der Waals surface area contributed by atoms with Crippen LogP contribution in [-0.2, 0) is 6.61 Å². The highest BCUT2D eigenvalue weighted by molar-refractivity contribution is 7.13.